The van der Waals surface area contributed by atoms with Crippen molar-refractivity contribution in [2.24, 2.45) is 0 Å². The highest BCUT2D eigenvalue weighted by atomic mass is 32.1. The molecule has 0 atom stereocenters. The Hall–Kier alpha value is -1.88. The van der Waals surface area contributed by atoms with Crippen LogP contribution in [0.4, 0.5) is 5.69 Å². The molecule has 0 saturated carbocycles. The average Bonchev–Trinajstić information content (AvgIpc) is 2.93. The first kappa shape index (κ1) is 14.1. The molecule has 0 spiro atoms. The maximum Gasteiger partial charge on any atom is 0.115 e. The fraction of sp³-hybridized carbons (Fsp3) is 0.375. The SMILES string of the molecule is Cc1nc(Cn2c(C(C)(C)C)nc3cc(N)ccc32)cs1. The largest absolute Gasteiger partial charge is 0.399 e. The number of rotatable bonds is 2. The lowest BCUT2D eigenvalue weighted by molar-refractivity contribution is 0.515. The van der Waals surface area contributed by atoms with Gasteiger partial charge in [0.2, 0.25) is 0 Å². The predicted molar refractivity (Wildman–Crippen MR) is 88.8 cm³/mol. The first-order chi connectivity index (χ1) is 9.84. The number of nitrogens with zero attached hydrogens (tertiary/aromatic N) is 3. The molecule has 0 aliphatic rings. The van der Waals surface area contributed by atoms with Crippen LogP contribution >= 0.6 is 11.3 Å². The van der Waals surface area contributed by atoms with Crippen molar-refractivity contribution in [2.75, 3.05) is 5.73 Å². The number of benzene rings is 1. The van der Waals surface area contributed by atoms with Gasteiger partial charge in [0, 0.05) is 16.5 Å². The van der Waals surface area contributed by atoms with E-state index >= 15 is 0 Å². The zero-order valence-electron chi connectivity index (χ0n) is 12.8. The van der Waals surface area contributed by atoms with E-state index in [-0.39, 0.29) is 5.41 Å². The zero-order valence-corrected chi connectivity index (χ0v) is 13.7. The highest BCUT2D eigenvalue weighted by Gasteiger charge is 2.23. The van der Waals surface area contributed by atoms with Gasteiger partial charge in [-0.2, -0.15) is 0 Å². The molecule has 1 aromatic carbocycles. The molecular weight excluding hydrogens is 280 g/mol. The van der Waals surface area contributed by atoms with Gasteiger partial charge in [0.25, 0.3) is 0 Å². The van der Waals surface area contributed by atoms with Crippen molar-refractivity contribution in [3.8, 4) is 0 Å². The summed E-state index contributed by atoms with van der Waals surface area (Å²) in [5, 5.41) is 3.21. The summed E-state index contributed by atoms with van der Waals surface area (Å²) in [6.07, 6.45) is 0. The Kier molecular flexibility index (Phi) is 3.24. The van der Waals surface area contributed by atoms with Crippen LogP contribution < -0.4 is 5.73 Å². The molecule has 5 heteroatoms. The van der Waals surface area contributed by atoms with Crippen molar-refractivity contribution in [1.29, 1.82) is 0 Å². The molecule has 0 amide bonds. The van der Waals surface area contributed by atoms with Crippen molar-refractivity contribution in [2.45, 2.75) is 39.7 Å². The van der Waals surface area contributed by atoms with E-state index in [2.05, 4.69) is 35.7 Å². The Bertz CT molecular complexity index is 792. The predicted octanol–water partition coefficient (Wildman–Crippen LogP) is 3.73. The van der Waals surface area contributed by atoms with Gasteiger partial charge in [-0.15, -0.1) is 11.3 Å². The Balaban J connectivity index is 2.17. The van der Waals surface area contributed by atoms with Gasteiger partial charge in [-0.3, -0.25) is 0 Å². The summed E-state index contributed by atoms with van der Waals surface area (Å²) in [6, 6.07) is 5.92. The molecule has 110 valence electrons. The lowest BCUT2D eigenvalue weighted by Gasteiger charge is -2.19. The number of anilines is 1. The van der Waals surface area contributed by atoms with Crippen molar-refractivity contribution >= 4 is 28.1 Å². The molecule has 3 aromatic rings. The number of thiazole rings is 1. The minimum Gasteiger partial charge on any atom is -0.399 e. The summed E-state index contributed by atoms with van der Waals surface area (Å²) in [6.45, 7) is 9.32. The molecule has 0 fully saturated rings. The van der Waals surface area contributed by atoms with E-state index < -0.39 is 0 Å². The van der Waals surface area contributed by atoms with Crippen LogP contribution in [0.5, 0.6) is 0 Å². The maximum absolute atomic E-state index is 5.89. The fourth-order valence-electron chi connectivity index (χ4n) is 2.52. The smallest absolute Gasteiger partial charge is 0.115 e. The second-order valence-electron chi connectivity index (χ2n) is 6.38. The molecular formula is C16H20N4S. The van der Waals surface area contributed by atoms with Gasteiger partial charge in [-0.05, 0) is 25.1 Å². The fourth-order valence-corrected chi connectivity index (χ4v) is 3.13. The van der Waals surface area contributed by atoms with E-state index in [1.807, 2.05) is 25.1 Å². The molecule has 2 heterocycles. The molecule has 21 heavy (non-hydrogen) atoms. The third kappa shape index (κ3) is 2.65. The quantitative estimate of drug-likeness (QED) is 0.734. The lowest BCUT2D eigenvalue weighted by Crippen LogP contribution is -2.19. The molecule has 0 radical (unpaired) electrons. The van der Waals surface area contributed by atoms with Crippen LogP contribution in [0.3, 0.4) is 0 Å². The van der Waals surface area contributed by atoms with Crippen LogP contribution in [0.1, 0.15) is 37.3 Å². The number of hydrogen-bond acceptors (Lipinski definition) is 4. The maximum atomic E-state index is 5.89. The standard InChI is InChI=1S/C16H20N4S/c1-10-18-12(9-21-10)8-20-14-6-5-11(17)7-13(14)19-15(20)16(2,3)4/h5-7,9H,8,17H2,1-4H3. The first-order valence-electron chi connectivity index (χ1n) is 7.02. The minimum absolute atomic E-state index is 0.0289. The minimum atomic E-state index is -0.0289. The summed E-state index contributed by atoms with van der Waals surface area (Å²) < 4.78 is 2.25. The van der Waals surface area contributed by atoms with Crippen LogP contribution in [0.2, 0.25) is 0 Å². The van der Waals surface area contributed by atoms with Crippen LogP contribution in [-0.4, -0.2) is 14.5 Å². The summed E-state index contributed by atoms with van der Waals surface area (Å²) in [7, 11) is 0. The van der Waals surface area contributed by atoms with Crippen molar-refractivity contribution in [3.63, 3.8) is 0 Å². The second kappa shape index (κ2) is 4.84. The zero-order chi connectivity index (χ0) is 15.2. The Labute approximate surface area is 128 Å². The monoisotopic (exact) mass is 300 g/mol. The van der Waals surface area contributed by atoms with Crippen LogP contribution in [0, 0.1) is 6.92 Å². The van der Waals surface area contributed by atoms with E-state index in [4.69, 9.17) is 10.7 Å². The average molecular weight is 300 g/mol. The van der Waals surface area contributed by atoms with Crippen molar-refractivity contribution in [1.82, 2.24) is 14.5 Å². The van der Waals surface area contributed by atoms with Crippen molar-refractivity contribution < 1.29 is 0 Å². The van der Waals surface area contributed by atoms with Gasteiger partial charge in [0.05, 0.1) is 28.3 Å². The topological polar surface area (TPSA) is 56.7 Å². The van der Waals surface area contributed by atoms with Crippen LogP contribution in [0.25, 0.3) is 11.0 Å². The second-order valence-corrected chi connectivity index (χ2v) is 7.44. The Morgan fingerprint density at radius 2 is 2.00 bits per heavy atom. The van der Waals surface area contributed by atoms with Gasteiger partial charge in [0.1, 0.15) is 5.82 Å². The van der Waals surface area contributed by atoms with Crippen molar-refractivity contribution in [3.05, 3.63) is 40.1 Å². The number of imidazole rings is 1. The summed E-state index contributed by atoms with van der Waals surface area (Å²) in [5.41, 5.74) is 9.75. The number of aromatic nitrogens is 3. The number of nitrogens with two attached hydrogens (primary N) is 1. The molecule has 0 aliphatic carbocycles. The van der Waals surface area contributed by atoms with E-state index in [9.17, 15) is 0 Å². The first-order valence-corrected chi connectivity index (χ1v) is 7.90. The van der Waals surface area contributed by atoms with E-state index in [0.717, 1.165) is 39.8 Å². The Morgan fingerprint density at radius 1 is 1.24 bits per heavy atom. The summed E-state index contributed by atoms with van der Waals surface area (Å²) in [5.74, 6) is 1.06. The molecule has 0 saturated heterocycles. The highest BCUT2D eigenvalue weighted by Crippen LogP contribution is 2.28. The van der Waals surface area contributed by atoms with E-state index in [1.165, 1.54) is 0 Å². The van der Waals surface area contributed by atoms with Gasteiger partial charge in [-0.1, -0.05) is 20.8 Å². The molecule has 4 nitrogen and oxygen atoms in total. The van der Waals surface area contributed by atoms with Gasteiger partial charge in [0.15, 0.2) is 0 Å². The molecule has 0 unspecified atom stereocenters. The van der Waals surface area contributed by atoms with Gasteiger partial charge < -0.3 is 10.3 Å². The van der Waals surface area contributed by atoms with Gasteiger partial charge in [-0.25, -0.2) is 9.97 Å². The lowest BCUT2D eigenvalue weighted by atomic mass is 9.95. The van der Waals surface area contributed by atoms with Crippen LogP contribution in [0.15, 0.2) is 23.6 Å². The molecule has 0 aliphatic heterocycles. The number of aryl methyl sites for hydroxylation is 1. The summed E-state index contributed by atoms with van der Waals surface area (Å²) in [4.78, 5) is 9.38. The number of hydrogen-bond donors (Lipinski definition) is 1. The third-order valence-electron chi connectivity index (χ3n) is 3.43. The molecule has 3 rings (SSSR count). The highest BCUT2D eigenvalue weighted by molar-refractivity contribution is 7.09. The number of fused-ring (bicyclic) bond motifs is 1. The Morgan fingerprint density at radius 3 is 2.62 bits per heavy atom. The van der Waals surface area contributed by atoms with Gasteiger partial charge >= 0.3 is 0 Å². The van der Waals surface area contributed by atoms with E-state index in [0.29, 0.717) is 0 Å². The molecule has 2 aromatic heterocycles. The number of nitrogen functional groups attached to an aromatic ring is 1. The van der Waals surface area contributed by atoms with Crippen LogP contribution in [-0.2, 0) is 12.0 Å². The molecule has 2 N–H and O–H groups in total. The molecule has 0 bridgehead atoms. The van der Waals surface area contributed by atoms with E-state index in [1.54, 1.807) is 11.3 Å². The normalized spacial score (nSPS) is 12.2. The summed E-state index contributed by atoms with van der Waals surface area (Å²) >= 11 is 1.68. The third-order valence-corrected chi connectivity index (χ3v) is 4.25.